The van der Waals surface area contributed by atoms with Gasteiger partial charge in [0.2, 0.25) is 0 Å². The summed E-state index contributed by atoms with van der Waals surface area (Å²) in [6.07, 6.45) is -0.685. The van der Waals surface area contributed by atoms with E-state index in [0.29, 0.717) is 27.3 Å². The van der Waals surface area contributed by atoms with Crippen molar-refractivity contribution >= 4 is 28.5 Å². The fraction of sp³-hybridized carbons (Fsp3) is 0.118. The zero-order valence-electron chi connectivity index (χ0n) is 12.2. The second-order valence-corrected chi connectivity index (χ2v) is 5.46. The van der Waals surface area contributed by atoms with Crippen molar-refractivity contribution in [3.63, 3.8) is 0 Å². The van der Waals surface area contributed by atoms with Gasteiger partial charge in [-0.3, -0.25) is 4.79 Å². The molecule has 1 N–H and O–H groups in total. The number of fused-ring (bicyclic) bond motifs is 1. The van der Waals surface area contributed by atoms with E-state index in [9.17, 15) is 9.59 Å². The van der Waals surface area contributed by atoms with Gasteiger partial charge in [-0.15, -0.1) is 0 Å². The average Bonchev–Trinajstić information content (AvgIpc) is 2.55. The van der Waals surface area contributed by atoms with Gasteiger partial charge in [-0.05, 0) is 43.3 Å². The Morgan fingerprint density at radius 2 is 1.87 bits per heavy atom. The molecule has 0 bridgehead atoms. The summed E-state index contributed by atoms with van der Waals surface area (Å²) in [5.41, 5.74) is 0.671. The molecular weight excluding hydrogens is 316 g/mol. The first kappa shape index (κ1) is 15.2. The molecule has 0 aliphatic heterocycles. The van der Waals surface area contributed by atoms with E-state index in [1.807, 2.05) is 0 Å². The Labute approximate surface area is 136 Å². The Kier molecular flexibility index (Phi) is 4.12. The summed E-state index contributed by atoms with van der Waals surface area (Å²) in [6.45, 7) is 1.65. The number of hydrogen-bond acceptors (Lipinski definition) is 4. The zero-order valence-corrected chi connectivity index (χ0v) is 13.0. The molecule has 23 heavy (non-hydrogen) atoms. The van der Waals surface area contributed by atoms with Gasteiger partial charge < -0.3 is 9.72 Å². The number of carbonyl (C=O) groups is 1. The third kappa shape index (κ3) is 3.24. The van der Waals surface area contributed by atoms with Crippen molar-refractivity contribution in [1.82, 2.24) is 9.97 Å². The van der Waals surface area contributed by atoms with Crippen LogP contribution in [0.15, 0.2) is 53.3 Å². The van der Waals surface area contributed by atoms with Gasteiger partial charge in [0.1, 0.15) is 0 Å². The summed E-state index contributed by atoms with van der Waals surface area (Å²) in [5.74, 6) is -0.207. The SMILES string of the molecule is C[C@H](OC(=O)c1ccc(Cl)cc1)c1nc2ccccc2c(=O)[nH]1. The van der Waals surface area contributed by atoms with Crippen LogP contribution in [0.25, 0.3) is 10.9 Å². The molecule has 2 aromatic carbocycles. The molecule has 0 radical (unpaired) electrons. The second-order valence-electron chi connectivity index (χ2n) is 5.02. The Balaban J connectivity index is 1.85. The number of carbonyl (C=O) groups excluding carboxylic acids is 1. The van der Waals surface area contributed by atoms with Crippen molar-refractivity contribution in [2.24, 2.45) is 0 Å². The van der Waals surface area contributed by atoms with E-state index in [1.165, 1.54) is 0 Å². The van der Waals surface area contributed by atoms with E-state index < -0.39 is 12.1 Å². The molecule has 0 saturated carbocycles. The number of benzene rings is 2. The highest BCUT2D eigenvalue weighted by molar-refractivity contribution is 6.30. The van der Waals surface area contributed by atoms with Crippen LogP contribution in [-0.2, 0) is 4.74 Å². The fourth-order valence-electron chi connectivity index (χ4n) is 2.17. The topological polar surface area (TPSA) is 72.0 Å². The lowest BCUT2D eigenvalue weighted by Crippen LogP contribution is -2.17. The lowest BCUT2D eigenvalue weighted by molar-refractivity contribution is 0.0320. The standard InChI is InChI=1S/C17H13ClN2O3/c1-10(23-17(22)11-6-8-12(18)9-7-11)15-19-14-5-3-2-4-13(14)16(21)20-15/h2-10H,1H3,(H,19,20,21)/t10-/m0/s1. The number of hydrogen-bond donors (Lipinski definition) is 1. The Bertz CT molecular complexity index is 919. The zero-order chi connectivity index (χ0) is 16.4. The fourth-order valence-corrected chi connectivity index (χ4v) is 2.29. The van der Waals surface area contributed by atoms with Gasteiger partial charge in [-0.25, -0.2) is 9.78 Å². The van der Waals surface area contributed by atoms with Crippen LogP contribution in [0.3, 0.4) is 0 Å². The largest absolute Gasteiger partial charge is 0.451 e. The molecular formula is C17H13ClN2O3. The monoisotopic (exact) mass is 328 g/mol. The van der Waals surface area contributed by atoms with Crippen molar-refractivity contribution in [1.29, 1.82) is 0 Å². The van der Waals surface area contributed by atoms with Gasteiger partial charge in [-0.1, -0.05) is 23.7 Å². The molecule has 3 aromatic rings. The van der Waals surface area contributed by atoms with Crippen LogP contribution in [0.2, 0.25) is 5.02 Å². The van der Waals surface area contributed by atoms with Gasteiger partial charge in [0.05, 0.1) is 16.5 Å². The van der Waals surface area contributed by atoms with E-state index >= 15 is 0 Å². The quantitative estimate of drug-likeness (QED) is 0.747. The third-order valence-electron chi connectivity index (χ3n) is 3.38. The number of nitrogens with one attached hydrogen (secondary N) is 1. The number of ether oxygens (including phenoxy) is 1. The lowest BCUT2D eigenvalue weighted by Gasteiger charge is -2.13. The highest BCUT2D eigenvalue weighted by atomic mass is 35.5. The molecule has 116 valence electrons. The summed E-state index contributed by atoms with van der Waals surface area (Å²) >= 11 is 5.79. The third-order valence-corrected chi connectivity index (χ3v) is 3.63. The lowest BCUT2D eigenvalue weighted by atomic mass is 10.2. The van der Waals surface area contributed by atoms with Gasteiger partial charge in [-0.2, -0.15) is 0 Å². The first-order valence-corrected chi connectivity index (χ1v) is 7.38. The normalized spacial score (nSPS) is 12.1. The van der Waals surface area contributed by atoms with Crippen molar-refractivity contribution in [3.05, 3.63) is 75.3 Å². The van der Waals surface area contributed by atoms with Gasteiger partial charge in [0, 0.05) is 5.02 Å². The highest BCUT2D eigenvalue weighted by Gasteiger charge is 2.16. The van der Waals surface area contributed by atoms with Crippen molar-refractivity contribution in [3.8, 4) is 0 Å². The van der Waals surface area contributed by atoms with E-state index in [4.69, 9.17) is 16.3 Å². The summed E-state index contributed by atoms with van der Waals surface area (Å²) in [7, 11) is 0. The van der Waals surface area contributed by atoms with Crippen LogP contribution in [0, 0.1) is 0 Å². The number of rotatable bonds is 3. The van der Waals surface area contributed by atoms with Crippen LogP contribution < -0.4 is 5.56 Å². The van der Waals surface area contributed by atoms with Gasteiger partial charge in [0.15, 0.2) is 11.9 Å². The minimum Gasteiger partial charge on any atom is -0.451 e. The molecule has 1 atom stereocenters. The summed E-state index contributed by atoms with van der Waals surface area (Å²) in [5, 5.41) is 1.03. The second kappa shape index (κ2) is 6.22. The molecule has 0 aliphatic carbocycles. The molecule has 3 rings (SSSR count). The minimum atomic E-state index is -0.685. The highest BCUT2D eigenvalue weighted by Crippen LogP contribution is 2.17. The van der Waals surface area contributed by atoms with Crippen LogP contribution in [0.4, 0.5) is 0 Å². The molecule has 0 unspecified atom stereocenters. The molecule has 0 saturated heterocycles. The summed E-state index contributed by atoms with van der Waals surface area (Å²) in [4.78, 5) is 31.1. The maximum absolute atomic E-state index is 12.1. The van der Waals surface area contributed by atoms with Crippen molar-refractivity contribution in [2.45, 2.75) is 13.0 Å². The van der Waals surface area contributed by atoms with E-state index in [1.54, 1.807) is 55.5 Å². The first-order chi connectivity index (χ1) is 11.0. The number of aromatic nitrogens is 2. The maximum atomic E-state index is 12.1. The molecule has 1 heterocycles. The molecule has 5 nitrogen and oxygen atoms in total. The number of para-hydroxylation sites is 1. The first-order valence-electron chi connectivity index (χ1n) is 7.00. The van der Waals surface area contributed by atoms with Crippen LogP contribution in [-0.4, -0.2) is 15.9 Å². The molecule has 0 spiro atoms. The molecule has 1 aromatic heterocycles. The number of nitrogens with zero attached hydrogens (tertiary/aromatic N) is 1. The smallest absolute Gasteiger partial charge is 0.338 e. The van der Waals surface area contributed by atoms with Crippen molar-refractivity contribution in [2.75, 3.05) is 0 Å². The average molecular weight is 329 g/mol. The van der Waals surface area contributed by atoms with Gasteiger partial charge >= 0.3 is 5.97 Å². The predicted octanol–water partition coefficient (Wildman–Crippen LogP) is 3.49. The van der Waals surface area contributed by atoms with Crippen LogP contribution in [0.5, 0.6) is 0 Å². The van der Waals surface area contributed by atoms with E-state index in [2.05, 4.69) is 9.97 Å². The molecule has 0 fully saturated rings. The number of esters is 1. The molecule has 0 amide bonds. The summed E-state index contributed by atoms with van der Waals surface area (Å²) < 4.78 is 5.35. The molecule has 0 aliphatic rings. The van der Waals surface area contributed by atoms with Crippen LogP contribution in [0.1, 0.15) is 29.2 Å². The predicted molar refractivity (Wildman–Crippen MR) is 87.6 cm³/mol. The van der Waals surface area contributed by atoms with Gasteiger partial charge in [0.25, 0.3) is 5.56 Å². The Hall–Kier alpha value is -2.66. The summed E-state index contributed by atoms with van der Waals surface area (Å²) in [6, 6.07) is 13.4. The van der Waals surface area contributed by atoms with E-state index in [-0.39, 0.29) is 5.56 Å². The van der Waals surface area contributed by atoms with E-state index in [0.717, 1.165) is 0 Å². The maximum Gasteiger partial charge on any atom is 0.338 e. The number of aromatic amines is 1. The minimum absolute atomic E-state index is 0.264. The Morgan fingerprint density at radius 1 is 1.17 bits per heavy atom. The number of H-pyrrole nitrogens is 1. The molecule has 6 heteroatoms. The number of halogens is 1. The van der Waals surface area contributed by atoms with Crippen LogP contribution >= 0.6 is 11.6 Å². The van der Waals surface area contributed by atoms with Crippen molar-refractivity contribution < 1.29 is 9.53 Å². The Morgan fingerprint density at radius 3 is 2.61 bits per heavy atom.